The topological polar surface area (TPSA) is 56.3 Å². The van der Waals surface area contributed by atoms with E-state index < -0.39 is 0 Å². The average molecular weight is 366 g/mol. The predicted molar refractivity (Wildman–Crippen MR) is 108 cm³/mol. The molecule has 0 bridgehead atoms. The van der Waals surface area contributed by atoms with E-state index in [1.807, 2.05) is 36.4 Å². The van der Waals surface area contributed by atoms with Crippen molar-refractivity contribution in [2.45, 2.75) is 39.8 Å². The van der Waals surface area contributed by atoms with Crippen LogP contribution < -0.4 is 10.8 Å². The minimum absolute atomic E-state index is 0.206. The van der Waals surface area contributed by atoms with Crippen molar-refractivity contribution in [1.82, 2.24) is 0 Å². The van der Waals surface area contributed by atoms with Crippen LogP contribution in [0.1, 0.15) is 27.7 Å². The molecule has 1 aromatic carbocycles. The Kier molecular flexibility index (Phi) is 4.77. The van der Waals surface area contributed by atoms with E-state index in [1.54, 1.807) is 0 Å². The highest BCUT2D eigenvalue weighted by Crippen LogP contribution is 2.16. The molecule has 3 heterocycles. The summed E-state index contributed by atoms with van der Waals surface area (Å²) in [7, 11) is 0. The molecule has 1 unspecified atom stereocenters. The van der Waals surface area contributed by atoms with Gasteiger partial charge in [0.1, 0.15) is 24.0 Å². The van der Waals surface area contributed by atoms with Crippen LogP contribution in [-0.2, 0) is 9.47 Å². The minimum atomic E-state index is 0.206. The van der Waals surface area contributed by atoms with Gasteiger partial charge < -0.3 is 13.9 Å². The lowest BCUT2D eigenvalue weighted by Crippen LogP contribution is -2.13. The van der Waals surface area contributed by atoms with Crippen LogP contribution >= 0.6 is 0 Å². The summed E-state index contributed by atoms with van der Waals surface area (Å²) in [5.41, 5.74) is 1.50. The van der Waals surface area contributed by atoms with E-state index in [1.165, 1.54) is 0 Å². The molecule has 0 saturated heterocycles. The Hall–Kier alpha value is -2.56. The third-order valence-corrected chi connectivity index (χ3v) is 5.12. The highest BCUT2D eigenvalue weighted by atomic mass is 16.5. The van der Waals surface area contributed by atoms with Crippen LogP contribution in [0.4, 0.5) is 0 Å². The molecule has 5 nitrogen and oxygen atoms in total. The van der Waals surface area contributed by atoms with Crippen molar-refractivity contribution in [2.75, 3.05) is 13.2 Å². The van der Waals surface area contributed by atoms with Crippen molar-refractivity contribution in [1.29, 1.82) is 0 Å². The molecule has 5 heteroatoms. The van der Waals surface area contributed by atoms with Crippen LogP contribution in [0, 0.1) is 11.8 Å². The largest absolute Gasteiger partial charge is 0.476 e. The van der Waals surface area contributed by atoms with Gasteiger partial charge in [0, 0.05) is 22.9 Å². The Morgan fingerprint density at radius 2 is 1.26 bits per heavy atom. The molecule has 1 aromatic heterocycles. The molecule has 27 heavy (non-hydrogen) atoms. The standard InChI is InChI=1S/C22H26N2O3/c1-13(2)17-11-25-21(23-17)9-19-15-7-5-6-8-16(15)20(27-19)10-22-24-18(12-26-22)14(3)4/h5-10,13-14,17-18H,11-12H2,1-4H3/b19-9-,20-10-/t17-,18?/m1/s1. The van der Waals surface area contributed by atoms with Crippen molar-refractivity contribution >= 4 is 34.7 Å². The highest BCUT2D eigenvalue weighted by molar-refractivity contribution is 6.08. The zero-order valence-electron chi connectivity index (χ0n) is 16.3. The van der Waals surface area contributed by atoms with Gasteiger partial charge >= 0.3 is 0 Å². The lowest BCUT2D eigenvalue weighted by Gasteiger charge is -2.06. The first-order valence-corrected chi connectivity index (χ1v) is 9.63. The van der Waals surface area contributed by atoms with Gasteiger partial charge in [0.15, 0.2) is 0 Å². The Bertz CT molecular complexity index is 934. The maximum absolute atomic E-state index is 6.15. The molecule has 2 aromatic rings. The zero-order valence-corrected chi connectivity index (χ0v) is 16.3. The molecule has 0 spiro atoms. The predicted octanol–water partition coefficient (Wildman–Crippen LogP) is 2.90. The number of rotatable bonds is 4. The minimum Gasteiger partial charge on any atom is -0.476 e. The van der Waals surface area contributed by atoms with Gasteiger partial charge in [-0.25, -0.2) is 9.98 Å². The first-order chi connectivity index (χ1) is 13.0. The zero-order chi connectivity index (χ0) is 19.0. The van der Waals surface area contributed by atoms with E-state index >= 15 is 0 Å². The van der Waals surface area contributed by atoms with Gasteiger partial charge in [-0.15, -0.1) is 0 Å². The molecule has 2 aliphatic rings. The van der Waals surface area contributed by atoms with Crippen LogP contribution in [0.15, 0.2) is 38.7 Å². The Morgan fingerprint density at radius 1 is 0.815 bits per heavy atom. The SMILES string of the molecule is CC(C)C1COC(/C=c2\o/c(=C\C3=N[C@@H](C(C)C)CO3)c3ccccc23)=N1. The molecule has 0 aliphatic carbocycles. The molecule has 2 atom stereocenters. The molecule has 0 amide bonds. The summed E-state index contributed by atoms with van der Waals surface area (Å²) in [4.78, 5) is 9.30. The van der Waals surface area contributed by atoms with E-state index in [-0.39, 0.29) is 12.1 Å². The van der Waals surface area contributed by atoms with E-state index in [0.717, 1.165) is 21.6 Å². The molecule has 142 valence electrons. The van der Waals surface area contributed by atoms with E-state index in [0.29, 0.717) is 36.8 Å². The second-order valence-corrected chi connectivity index (χ2v) is 7.84. The second-order valence-electron chi connectivity index (χ2n) is 7.84. The average Bonchev–Trinajstić information content (AvgIpc) is 3.36. The number of hydrogen-bond acceptors (Lipinski definition) is 5. The van der Waals surface area contributed by atoms with Crippen molar-refractivity contribution < 1.29 is 13.9 Å². The summed E-state index contributed by atoms with van der Waals surface area (Å²) in [5.74, 6) is 2.18. The lowest BCUT2D eigenvalue weighted by atomic mass is 10.1. The van der Waals surface area contributed by atoms with Crippen LogP contribution in [0.2, 0.25) is 0 Å². The molecule has 0 N–H and O–H groups in total. The molecule has 4 rings (SSSR count). The molecule has 0 radical (unpaired) electrons. The van der Waals surface area contributed by atoms with Gasteiger partial charge in [0.2, 0.25) is 11.8 Å². The van der Waals surface area contributed by atoms with Crippen LogP contribution in [-0.4, -0.2) is 37.1 Å². The number of furan rings is 1. The number of aliphatic imine (C=N–C) groups is 2. The molecule has 0 fully saturated rings. The fourth-order valence-corrected chi connectivity index (χ4v) is 3.24. The highest BCUT2D eigenvalue weighted by Gasteiger charge is 2.22. The van der Waals surface area contributed by atoms with E-state index in [4.69, 9.17) is 13.9 Å². The fourth-order valence-electron chi connectivity index (χ4n) is 3.24. The number of benzene rings is 1. The van der Waals surface area contributed by atoms with Crippen molar-refractivity contribution in [2.24, 2.45) is 21.8 Å². The van der Waals surface area contributed by atoms with Gasteiger partial charge in [-0.2, -0.15) is 0 Å². The third kappa shape index (κ3) is 3.64. The van der Waals surface area contributed by atoms with Crippen LogP contribution in [0.25, 0.3) is 22.9 Å². The van der Waals surface area contributed by atoms with Crippen molar-refractivity contribution in [3.8, 4) is 0 Å². The Labute approximate surface area is 159 Å². The third-order valence-electron chi connectivity index (χ3n) is 5.12. The molecule has 0 saturated carbocycles. The van der Waals surface area contributed by atoms with Crippen molar-refractivity contribution in [3.05, 3.63) is 35.1 Å². The van der Waals surface area contributed by atoms with E-state index in [2.05, 4.69) is 37.7 Å². The Balaban J connectivity index is 1.77. The number of ether oxygens (including phenoxy) is 2. The summed E-state index contributed by atoms with van der Waals surface area (Å²) >= 11 is 0. The summed E-state index contributed by atoms with van der Waals surface area (Å²) < 4.78 is 17.6. The van der Waals surface area contributed by atoms with Crippen LogP contribution in [0.3, 0.4) is 0 Å². The fraction of sp³-hybridized carbons (Fsp3) is 0.455. The smallest absolute Gasteiger partial charge is 0.212 e. The monoisotopic (exact) mass is 366 g/mol. The second kappa shape index (κ2) is 7.22. The van der Waals surface area contributed by atoms with Gasteiger partial charge in [-0.1, -0.05) is 52.0 Å². The van der Waals surface area contributed by atoms with Crippen LogP contribution in [0.5, 0.6) is 0 Å². The van der Waals surface area contributed by atoms with Gasteiger partial charge in [-0.05, 0) is 11.8 Å². The van der Waals surface area contributed by atoms with Gasteiger partial charge in [-0.3, -0.25) is 0 Å². The number of nitrogens with zero attached hydrogens (tertiary/aromatic N) is 2. The lowest BCUT2D eigenvalue weighted by molar-refractivity contribution is 0.294. The first kappa shape index (κ1) is 17.8. The van der Waals surface area contributed by atoms with E-state index in [9.17, 15) is 0 Å². The molecular weight excluding hydrogens is 340 g/mol. The maximum atomic E-state index is 6.15. The summed E-state index contributed by atoms with van der Waals surface area (Å²) in [5, 5.41) is 2.06. The quantitative estimate of drug-likeness (QED) is 0.836. The van der Waals surface area contributed by atoms with Gasteiger partial charge in [0.05, 0.1) is 12.1 Å². The Morgan fingerprint density at radius 3 is 1.63 bits per heavy atom. The summed E-state index contributed by atoms with van der Waals surface area (Å²) in [6.45, 7) is 9.88. The van der Waals surface area contributed by atoms with Gasteiger partial charge in [0.25, 0.3) is 0 Å². The summed E-state index contributed by atoms with van der Waals surface area (Å²) in [6.07, 6.45) is 3.77. The number of hydrogen-bond donors (Lipinski definition) is 0. The summed E-state index contributed by atoms with van der Waals surface area (Å²) in [6, 6.07) is 8.52. The maximum Gasteiger partial charge on any atom is 0.212 e. The van der Waals surface area contributed by atoms with Crippen molar-refractivity contribution in [3.63, 3.8) is 0 Å². The molecular formula is C22H26N2O3. The normalized spacial score (nSPS) is 23.9. The number of fused-ring (bicyclic) bond motifs is 1. The first-order valence-electron chi connectivity index (χ1n) is 9.63. The molecule has 2 aliphatic heterocycles.